The van der Waals surface area contributed by atoms with Crippen molar-refractivity contribution in [1.82, 2.24) is 19.8 Å². The zero-order valence-electron chi connectivity index (χ0n) is 21.6. The molecule has 0 radical (unpaired) electrons. The highest BCUT2D eigenvalue weighted by Crippen LogP contribution is 2.47. The molecule has 4 heterocycles. The number of aromatic nitrogens is 2. The molecule has 0 bridgehead atoms. The van der Waals surface area contributed by atoms with Crippen LogP contribution in [0.5, 0.6) is 5.75 Å². The van der Waals surface area contributed by atoms with E-state index in [9.17, 15) is 14.7 Å². The number of nitrogens with zero attached hydrogens (tertiary/aromatic N) is 2. The molecule has 8 nitrogen and oxygen atoms in total. The van der Waals surface area contributed by atoms with Crippen molar-refractivity contribution in [1.29, 1.82) is 0 Å². The van der Waals surface area contributed by atoms with Crippen LogP contribution in [0.15, 0.2) is 17.1 Å². The van der Waals surface area contributed by atoms with E-state index in [2.05, 4.69) is 22.2 Å². The van der Waals surface area contributed by atoms with Gasteiger partial charge in [-0.15, -0.1) is 11.3 Å². The van der Waals surface area contributed by atoms with E-state index in [1.54, 1.807) is 33.2 Å². The third-order valence-corrected chi connectivity index (χ3v) is 8.23. The lowest BCUT2D eigenvalue weighted by Gasteiger charge is -2.21. The number of ether oxygens (including phenoxy) is 1. The Bertz CT molecular complexity index is 1310. The van der Waals surface area contributed by atoms with Crippen molar-refractivity contribution in [2.45, 2.75) is 65.1 Å². The van der Waals surface area contributed by atoms with Crippen LogP contribution < -0.4 is 15.6 Å². The molecule has 9 heteroatoms. The van der Waals surface area contributed by atoms with Gasteiger partial charge in [-0.05, 0) is 67.1 Å². The van der Waals surface area contributed by atoms with E-state index in [4.69, 9.17) is 4.74 Å². The number of rotatable bonds is 7. The summed E-state index contributed by atoms with van der Waals surface area (Å²) < 4.78 is 7.98. The molecule has 1 saturated heterocycles. The zero-order valence-corrected chi connectivity index (χ0v) is 22.4. The quantitative estimate of drug-likeness (QED) is 0.459. The fourth-order valence-electron chi connectivity index (χ4n) is 4.78. The van der Waals surface area contributed by atoms with Crippen molar-refractivity contribution in [3.63, 3.8) is 0 Å². The highest BCUT2D eigenvalue weighted by molar-refractivity contribution is 7.16. The number of hydrogen-bond acceptors (Lipinski definition) is 6. The Morgan fingerprint density at radius 3 is 2.69 bits per heavy atom. The van der Waals surface area contributed by atoms with Gasteiger partial charge in [-0.1, -0.05) is 0 Å². The van der Waals surface area contributed by atoms with Crippen LogP contribution in [-0.2, 0) is 12.6 Å². The van der Waals surface area contributed by atoms with Gasteiger partial charge in [0.2, 0.25) is 0 Å². The van der Waals surface area contributed by atoms with Gasteiger partial charge < -0.3 is 29.6 Å². The van der Waals surface area contributed by atoms with E-state index in [0.717, 1.165) is 46.0 Å². The smallest absolute Gasteiger partial charge is 0.274 e. The van der Waals surface area contributed by atoms with Gasteiger partial charge in [0.25, 0.3) is 11.5 Å². The van der Waals surface area contributed by atoms with Gasteiger partial charge in [0.05, 0.1) is 10.5 Å². The first kappa shape index (κ1) is 25.5. The van der Waals surface area contributed by atoms with E-state index in [1.165, 1.54) is 15.9 Å². The van der Waals surface area contributed by atoms with Gasteiger partial charge in [0, 0.05) is 46.7 Å². The lowest BCUT2D eigenvalue weighted by atomic mass is 10.0. The second-order valence-corrected chi connectivity index (χ2v) is 11.4. The minimum Gasteiger partial charge on any atom is -0.490 e. The van der Waals surface area contributed by atoms with Crippen LogP contribution in [0.25, 0.3) is 21.3 Å². The first-order valence-electron chi connectivity index (χ1n) is 12.1. The number of likely N-dealkylation sites (tertiary alicyclic amines) is 1. The normalized spacial score (nSPS) is 17.0. The number of nitrogens with one attached hydrogen (secondary N) is 2. The monoisotopic (exact) mass is 500 g/mol. The number of thiophene rings is 1. The Morgan fingerprint density at radius 1 is 1.37 bits per heavy atom. The van der Waals surface area contributed by atoms with E-state index >= 15 is 0 Å². The van der Waals surface area contributed by atoms with E-state index in [0.29, 0.717) is 29.2 Å². The Morgan fingerprint density at radius 2 is 2.09 bits per heavy atom. The van der Waals surface area contributed by atoms with Crippen LogP contribution >= 0.6 is 11.3 Å². The number of pyridine rings is 1. The molecule has 0 aromatic carbocycles. The molecule has 35 heavy (non-hydrogen) atoms. The molecule has 1 atom stereocenters. The molecule has 3 N–H and O–H groups in total. The van der Waals surface area contributed by atoms with Crippen LogP contribution in [0, 0.1) is 6.92 Å². The van der Waals surface area contributed by atoms with Crippen LogP contribution in [0.3, 0.4) is 0 Å². The Hall–Kier alpha value is -2.62. The van der Waals surface area contributed by atoms with Gasteiger partial charge in [0.1, 0.15) is 23.6 Å². The van der Waals surface area contributed by atoms with Crippen molar-refractivity contribution in [3.8, 4) is 16.2 Å². The van der Waals surface area contributed by atoms with Gasteiger partial charge in [-0.3, -0.25) is 9.59 Å². The highest BCUT2D eigenvalue weighted by Gasteiger charge is 2.30. The van der Waals surface area contributed by atoms with Crippen molar-refractivity contribution >= 4 is 28.1 Å². The maximum absolute atomic E-state index is 12.9. The molecule has 0 spiro atoms. The van der Waals surface area contributed by atoms with Gasteiger partial charge in [-0.2, -0.15) is 0 Å². The molecule has 1 aliphatic heterocycles. The number of aryl methyl sites for hydroxylation is 1. The highest BCUT2D eigenvalue weighted by atomic mass is 32.1. The molecule has 1 unspecified atom stereocenters. The summed E-state index contributed by atoms with van der Waals surface area (Å²) in [6.45, 7) is 10.9. The summed E-state index contributed by atoms with van der Waals surface area (Å²) in [4.78, 5) is 32.7. The molecule has 4 rings (SSSR count). The number of aromatic amines is 1. The molecular weight excluding hydrogens is 464 g/mol. The Labute approximate surface area is 209 Å². The Balaban J connectivity index is 1.87. The number of carbonyl (C=O) groups is 1. The number of aliphatic hydroxyl groups is 1. The Kier molecular flexibility index (Phi) is 6.87. The van der Waals surface area contributed by atoms with E-state index < -0.39 is 5.60 Å². The fraction of sp³-hybridized carbons (Fsp3) is 0.538. The molecule has 0 aliphatic carbocycles. The number of fused-ring (bicyclic) bond motifs is 1. The number of amides is 1. The minimum absolute atomic E-state index is 0.0285. The van der Waals surface area contributed by atoms with Gasteiger partial charge in [0.15, 0.2) is 0 Å². The molecule has 1 fully saturated rings. The fourth-order valence-corrected chi connectivity index (χ4v) is 6.06. The minimum atomic E-state index is -1.05. The second kappa shape index (κ2) is 9.44. The van der Waals surface area contributed by atoms with Gasteiger partial charge in [-0.25, -0.2) is 0 Å². The molecule has 3 aromatic rings. The number of likely N-dealkylation sites (N-methyl/N-ethyl adjacent to an activating group) is 1. The molecular formula is C26H36N4O4S. The summed E-state index contributed by atoms with van der Waals surface area (Å²) in [5.41, 5.74) is 1.14. The SMILES string of the molecule is Cc1c(C(C)(C)O)sc(-c2cn(C)c(=O)c3[nH]c(C(=O)NC(C)C)cc23)c1OCC1CCCN1C. The summed E-state index contributed by atoms with van der Waals surface area (Å²) in [6, 6.07) is 2.04. The number of H-pyrrole nitrogens is 1. The predicted octanol–water partition coefficient (Wildman–Crippen LogP) is 3.74. The van der Waals surface area contributed by atoms with E-state index in [-0.39, 0.29) is 17.5 Å². The van der Waals surface area contributed by atoms with E-state index in [1.807, 2.05) is 20.8 Å². The average Bonchev–Trinajstić information content (AvgIpc) is 3.46. The summed E-state index contributed by atoms with van der Waals surface area (Å²) >= 11 is 1.47. The number of hydrogen-bond donors (Lipinski definition) is 3. The van der Waals surface area contributed by atoms with Crippen molar-refractivity contribution in [2.24, 2.45) is 7.05 Å². The summed E-state index contributed by atoms with van der Waals surface area (Å²) in [5.74, 6) is 0.464. The summed E-state index contributed by atoms with van der Waals surface area (Å²) in [5, 5.41) is 14.4. The average molecular weight is 501 g/mol. The lowest BCUT2D eigenvalue weighted by Crippen LogP contribution is -2.30. The largest absolute Gasteiger partial charge is 0.490 e. The molecule has 1 aliphatic rings. The predicted molar refractivity (Wildman–Crippen MR) is 141 cm³/mol. The second-order valence-electron chi connectivity index (χ2n) is 10.4. The van der Waals surface area contributed by atoms with Crippen LogP contribution in [0.2, 0.25) is 0 Å². The summed E-state index contributed by atoms with van der Waals surface area (Å²) in [6.07, 6.45) is 4.03. The lowest BCUT2D eigenvalue weighted by molar-refractivity contribution is 0.0815. The third kappa shape index (κ3) is 4.90. The first-order valence-corrected chi connectivity index (χ1v) is 12.9. The number of carbonyl (C=O) groups excluding carboxylic acids is 1. The molecule has 190 valence electrons. The van der Waals surface area contributed by atoms with Crippen LogP contribution in [-0.4, -0.2) is 57.7 Å². The van der Waals surface area contributed by atoms with Crippen molar-refractivity contribution in [2.75, 3.05) is 20.2 Å². The van der Waals surface area contributed by atoms with Crippen molar-refractivity contribution in [3.05, 3.63) is 38.8 Å². The van der Waals surface area contributed by atoms with Crippen LogP contribution in [0.1, 0.15) is 61.5 Å². The molecule has 0 saturated carbocycles. The third-order valence-electron chi connectivity index (χ3n) is 6.61. The standard InChI is InChI=1S/C26H36N4O4S/c1-14(2)27-24(31)19-11-17-18(12-30(7)25(32)20(17)28-19)22-21(15(3)23(35-22)26(4,5)33)34-13-16-9-8-10-29(16)6/h11-12,14,16,28,33H,8-10,13H2,1-7H3,(H,27,31). The maximum atomic E-state index is 12.9. The first-order chi connectivity index (χ1) is 16.4. The van der Waals surface area contributed by atoms with Crippen LogP contribution in [0.4, 0.5) is 0 Å². The molecule has 1 amide bonds. The zero-order chi connectivity index (χ0) is 25.7. The van der Waals surface area contributed by atoms with Gasteiger partial charge >= 0.3 is 0 Å². The topological polar surface area (TPSA) is 99.6 Å². The van der Waals surface area contributed by atoms with Crippen molar-refractivity contribution < 1.29 is 14.6 Å². The summed E-state index contributed by atoms with van der Waals surface area (Å²) in [7, 11) is 3.82. The molecule has 3 aromatic heterocycles. The maximum Gasteiger partial charge on any atom is 0.274 e.